The number of thiophene rings is 1. The van der Waals surface area contributed by atoms with Gasteiger partial charge in [0.1, 0.15) is 16.6 Å². The molecule has 9 heteroatoms. The van der Waals surface area contributed by atoms with Crippen molar-refractivity contribution in [3.05, 3.63) is 76.7 Å². The number of sulfonamides is 1. The highest BCUT2D eigenvalue weighted by molar-refractivity contribution is 7.94. The van der Waals surface area contributed by atoms with E-state index in [1.807, 2.05) is 6.92 Å². The van der Waals surface area contributed by atoms with Gasteiger partial charge >= 0.3 is 5.97 Å². The number of Topliss-reactive ketones (excluding diaryl/α,β-unsaturated/α-hetero) is 1. The van der Waals surface area contributed by atoms with E-state index in [4.69, 9.17) is 9.47 Å². The van der Waals surface area contributed by atoms with E-state index in [1.165, 1.54) is 25.1 Å². The molecule has 1 N–H and O–H groups in total. The van der Waals surface area contributed by atoms with Crippen LogP contribution >= 0.6 is 11.3 Å². The highest BCUT2D eigenvalue weighted by Gasteiger charge is 2.20. The van der Waals surface area contributed by atoms with E-state index >= 15 is 0 Å². The first-order valence-corrected chi connectivity index (χ1v) is 11.8. The van der Waals surface area contributed by atoms with Crippen molar-refractivity contribution in [2.45, 2.75) is 24.7 Å². The summed E-state index contributed by atoms with van der Waals surface area (Å²) < 4.78 is 38.6. The average molecular weight is 460 g/mol. The Bertz CT molecular complexity index is 1190. The maximum atomic E-state index is 12.7. The van der Waals surface area contributed by atoms with Crippen molar-refractivity contribution in [3.8, 4) is 5.75 Å². The van der Waals surface area contributed by atoms with Crippen LogP contribution in [-0.2, 0) is 21.4 Å². The van der Waals surface area contributed by atoms with E-state index < -0.39 is 16.0 Å². The molecule has 0 unspecified atom stereocenters. The van der Waals surface area contributed by atoms with E-state index in [0.717, 1.165) is 11.3 Å². The zero-order chi connectivity index (χ0) is 22.4. The molecule has 1 aromatic heterocycles. The zero-order valence-corrected chi connectivity index (χ0v) is 18.6. The van der Waals surface area contributed by atoms with Gasteiger partial charge in [-0.1, -0.05) is 18.2 Å². The monoisotopic (exact) mass is 459 g/mol. The minimum atomic E-state index is -3.82. The normalized spacial score (nSPS) is 11.0. The van der Waals surface area contributed by atoms with Crippen LogP contribution in [0.5, 0.6) is 5.75 Å². The van der Waals surface area contributed by atoms with Crippen LogP contribution in [0.25, 0.3) is 0 Å². The van der Waals surface area contributed by atoms with Crippen LogP contribution in [0.1, 0.15) is 40.1 Å². The molecule has 1 heterocycles. The van der Waals surface area contributed by atoms with Crippen LogP contribution in [-0.4, -0.2) is 26.8 Å². The standard InChI is InChI=1S/C22H21NO6S2/c1-3-28-20-11-10-16(15(2)24)13-17(20)14-29-22(25)18-7-4-5-8-19(18)23-31(26,27)21-9-6-12-30-21/h4-13,23H,3,14H2,1-2H3. The average Bonchev–Trinajstić information content (AvgIpc) is 3.29. The molecule has 0 saturated carbocycles. The number of esters is 1. The lowest BCUT2D eigenvalue weighted by atomic mass is 10.1. The summed E-state index contributed by atoms with van der Waals surface area (Å²) in [4.78, 5) is 24.4. The number of anilines is 1. The molecule has 0 spiro atoms. The van der Waals surface area contributed by atoms with Gasteiger partial charge in [-0.2, -0.15) is 0 Å². The van der Waals surface area contributed by atoms with Crippen molar-refractivity contribution < 1.29 is 27.5 Å². The largest absolute Gasteiger partial charge is 0.493 e. The Morgan fingerprint density at radius 2 is 1.84 bits per heavy atom. The summed E-state index contributed by atoms with van der Waals surface area (Å²) in [5, 5.41) is 1.65. The van der Waals surface area contributed by atoms with Crippen LogP contribution in [0, 0.1) is 0 Å². The Balaban J connectivity index is 1.81. The summed E-state index contributed by atoms with van der Waals surface area (Å²) in [6.07, 6.45) is 0. The Labute approximate surface area is 184 Å². The van der Waals surface area contributed by atoms with Gasteiger partial charge in [0.25, 0.3) is 10.0 Å². The van der Waals surface area contributed by atoms with Crippen LogP contribution in [0.3, 0.4) is 0 Å². The Kier molecular flexibility index (Phi) is 7.09. The number of carbonyl (C=O) groups is 2. The third kappa shape index (κ3) is 5.50. The van der Waals surface area contributed by atoms with Crippen molar-refractivity contribution in [1.82, 2.24) is 0 Å². The van der Waals surface area contributed by atoms with Gasteiger partial charge in [0.2, 0.25) is 0 Å². The number of benzene rings is 2. The van der Waals surface area contributed by atoms with Crippen molar-refractivity contribution >= 4 is 38.8 Å². The second-order valence-corrected chi connectivity index (χ2v) is 9.33. The molecule has 3 aromatic rings. The van der Waals surface area contributed by atoms with Crippen LogP contribution in [0.4, 0.5) is 5.69 Å². The Morgan fingerprint density at radius 3 is 2.52 bits per heavy atom. The second-order valence-electron chi connectivity index (χ2n) is 6.47. The van der Waals surface area contributed by atoms with E-state index in [0.29, 0.717) is 23.5 Å². The number of carbonyl (C=O) groups excluding carboxylic acids is 2. The van der Waals surface area contributed by atoms with Gasteiger partial charge < -0.3 is 9.47 Å². The maximum absolute atomic E-state index is 12.7. The van der Waals surface area contributed by atoms with Gasteiger partial charge in [0.05, 0.1) is 17.9 Å². The number of para-hydroxylation sites is 1. The predicted octanol–water partition coefficient (Wildman–Crippen LogP) is 4.51. The molecule has 0 aliphatic heterocycles. The lowest BCUT2D eigenvalue weighted by Crippen LogP contribution is -2.15. The number of rotatable bonds is 9. The lowest BCUT2D eigenvalue weighted by molar-refractivity contribution is 0.0471. The molecule has 0 bridgehead atoms. The molecule has 0 radical (unpaired) electrons. The summed E-state index contributed by atoms with van der Waals surface area (Å²) >= 11 is 1.07. The van der Waals surface area contributed by atoms with Crippen molar-refractivity contribution in [3.63, 3.8) is 0 Å². The van der Waals surface area contributed by atoms with E-state index in [2.05, 4.69) is 4.72 Å². The molecule has 0 amide bonds. The Morgan fingerprint density at radius 1 is 1.06 bits per heavy atom. The van der Waals surface area contributed by atoms with Gasteiger partial charge in [-0.05, 0) is 55.6 Å². The minimum Gasteiger partial charge on any atom is -0.493 e. The topological polar surface area (TPSA) is 98.8 Å². The van der Waals surface area contributed by atoms with Crippen LogP contribution in [0.2, 0.25) is 0 Å². The van der Waals surface area contributed by atoms with Gasteiger partial charge in [-0.25, -0.2) is 13.2 Å². The fourth-order valence-electron chi connectivity index (χ4n) is 2.79. The fourth-order valence-corrected chi connectivity index (χ4v) is 4.86. The number of ether oxygens (including phenoxy) is 2. The number of hydrogen-bond donors (Lipinski definition) is 1. The molecule has 7 nitrogen and oxygen atoms in total. The first kappa shape index (κ1) is 22.5. The quantitative estimate of drug-likeness (QED) is 0.373. The summed E-state index contributed by atoms with van der Waals surface area (Å²) in [6.45, 7) is 3.54. The van der Waals surface area contributed by atoms with Crippen LogP contribution < -0.4 is 9.46 Å². The molecule has 31 heavy (non-hydrogen) atoms. The smallest absolute Gasteiger partial charge is 0.340 e. The van der Waals surface area contributed by atoms with Crippen LogP contribution in [0.15, 0.2) is 64.2 Å². The van der Waals surface area contributed by atoms with Crippen molar-refractivity contribution in [1.29, 1.82) is 0 Å². The molecule has 162 valence electrons. The molecule has 0 saturated heterocycles. The van der Waals surface area contributed by atoms with E-state index in [1.54, 1.807) is 41.8 Å². The van der Waals surface area contributed by atoms with E-state index in [-0.39, 0.29) is 27.9 Å². The summed E-state index contributed by atoms with van der Waals surface area (Å²) in [5.41, 5.74) is 1.20. The molecule has 0 fully saturated rings. The fraction of sp³-hybridized carbons (Fsp3) is 0.182. The highest BCUT2D eigenvalue weighted by atomic mass is 32.2. The third-order valence-corrected chi connectivity index (χ3v) is 7.04. The molecular formula is C22H21NO6S2. The zero-order valence-electron chi connectivity index (χ0n) is 17.0. The van der Waals surface area contributed by atoms with Crippen molar-refractivity contribution in [2.75, 3.05) is 11.3 Å². The number of ketones is 1. The summed E-state index contributed by atoms with van der Waals surface area (Å²) in [7, 11) is -3.82. The van der Waals surface area contributed by atoms with Gasteiger partial charge in [0, 0.05) is 11.1 Å². The maximum Gasteiger partial charge on any atom is 0.340 e. The molecular weight excluding hydrogens is 438 g/mol. The van der Waals surface area contributed by atoms with E-state index in [9.17, 15) is 18.0 Å². The van der Waals surface area contributed by atoms with Gasteiger partial charge in [-0.3, -0.25) is 9.52 Å². The molecule has 0 aliphatic carbocycles. The van der Waals surface area contributed by atoms with Crippen molar-refractivity contribution in [2.24, 2.45) is 0 Å². The number of hydrogen-bond acceptors (Lipinski definition) is 7. The Hall–Kier alpha value is -3.17. The first-order valence-electron chi connectivity index (χ1n) is 9.41. The summed E-state index contributed by atoms with van der Waals surface area (Å²) in [5.74, 6) is -0.323. The SMILES string of the molecule is CCOc1ccc(C(C)=O)cc1COC(=O)c1ccccc1NS(=O)(=O)c1cccs1. The molecule has 0 aliphatic rings. The second kappa shape index (κ2) is 9.76. The lowest BCUT2D eigenvalue weighted by Gasteiger charge is -2.14. The highest BCUT2D eigenvalue weighted by Crippen LogP contribution is 2.25. The van der Waals surface area contributed by atoms with Gasteiger partial charge in [0.15, 0.2) is 5.78 Å². The molecule has 0 atom stereocenters. The summed E-state index contributed by atoms with van der Waals surface area (Å²) in [6, 6.07) is 14.2. The first-order chi connectivity index (χ1) is 14.8. The predicted molar refractivity (Wildman–Crippen MR) is 118 cm³/mol. The molecule has 2 aromatic carbocycles. The molecule has 3 rings (SSSR count). The van der Waals surface area contributed by atoms with Gasteiger partial charge in [-0.15, -0.1) is 11.3 Å². The number of nitrogens with one attached hydrogen (secondary N) is 1. The minimum absolute atomic E-state index is 0.0725. The third-order valence-electron chi connectivity index (χ3n) is 4.28.